The van der Waals surface area contributed by atoms with E-state index in [1.807, 2.05) is 11.8 Å². The minimum atomic E-state index is -0.282. The number of amides is 1. The van der Waals surface area contributed by atoms with Gasteiger partial charge < -0.3 is 26.2 Å². The van der Waals surface area contributed by atoms with Gasteiger partial charge in [-0.2, -0.15) is 0 Å². The van der Waals surface area contributed by atoms with E-state index in [4.69, 9.17) is 10.7 Å². The van der Waals surface area contributed by atoms with E-state index < -0.39 is 0 Å². The standard InChI is InChI=1S/C21H34FN7O.HI/c1-2-24-21(26-10-5-12-28-11-4-6-16(14-28)19(23)30)27-17-8-13-29(15-17)20-18(22)7-3-9-25-20;/h3,7,9,16-17H,2,4-6,8,10-15H2,1H3,(H2,23,30)(H2,24,26,27);1H. The average Bonchev–Trinajstić information content (AvgIpc) is 3.20. The van der Waals surface area contributed by atoms with Crippen molar-refractivity contribution in [3.05, 3.63) is 24.1 Å². The lowest BCUT2D eigenvalue weighted by atomic mass is 9.97. The monoisotopic (exact) mass is 547 g/mol. The van der Waals surface area contributed by atoms with Crippen LogP contribution >= 0.6 is 24.0 Å². The molecule has 0 radical (unpaired) electrons. The van der Waals surface area contributed by atoms with Crippen molar-refractivity contribution in [2.75, 3.05) is 50.7 Å². The fourth-order valence-corrected chi connectivity index (χ4v) is 4.17. The van der Waals surface area contributed by atoms with Crippen LogP contribution in [0.15, 0.2) is 23.3 Å². The lowest BCUT2D eigenvalue weighted by Gasteiger charge is -2.30. The lowest BCUT2D eigenvalue weighted by Crippen LogP contribution is -2.45. The SMILES string of the molecule is CCNC(=NCCCN1CCCC(C(N)=O)C1)NC1CCN(c2ncccc2F)C1.I. The zero-order valence-corrected chi connectivity index (χ0v) is 20.6. The number of halogens is 2. The van der Waals surface area contributed by atoms with Crippen LogP contribution in [0.3, 0.4) is 0 Å². The van der Waals surface area contributed by atoms with Gasteiger partial charge in [0.2, 0.25) is 5.91 Å². The number of carbonyl (C=O) groups excluding carboxylic acids is 1. The van der Waals surface area contributed by atoms with Gasteiger partial charge >= 0.3 is 0 Å². The molecule has 4 N–H and O–H groups in total. The van der Waals surface area contributed by atoms with Gasteiger partial charge in [-0.15, -0.1) is 24.0 Å². The summed E-state index contributed by atoms with van der Waals surface area (Å²) in [4.78, 5) is 24.6. The summed E-state index contributed by atoms with van der Waals surface area (Å²) in [7, 11) is 0. The molecular weight excluding hydrogens is 512 g/mol. The second-order valence-electron chi connectivity index (χ2n) is 8.04. The molecule has 1 aromatic heterocycles. The summed E-state index contributed by atoms with van der Waals surface area (Å²) in [5.41, 5.74) is 5.46. The van der Waals surface area contributed by atoms with Crippen LogP contribution in [0.4, 0.5) is 10.2 Å². The molecule has 0 spiro atoms. The van der Waals surface area contributed by atoms with Crippen LogP contribution in [0.5, 0.6) is 0 Å². The van der Waals surface area contributed by atoms with Crippen LogP contribution in [0.2, 0.25) is 0 Å². The number of nitrogens with one attached hydrogen (secondary N) is 2. The van der Waals surface area contributed by atoms with E-state index in [1.165, 1.54) is 6.07 Å². The first-order chi connectivity index (χ1) is 14.6. The molecule has 3 heterocycles. The van der Waals surface area contributed by atoms with E-state index in [1.54, 1.807) is 12.3 Å². The number of carbonyl (C=O) groups is 1. The molecule has 2 unspecified atom stereocenters. The molecule has 1 aromatic rings. The maximum absolute atomic E-state index is 14.0. The zero-order valence-electron chi connectivity index (χ0n) is 18.2. The fraction of sp³-hybridized carbons (Fsp3) is 0.667. The Morgan fingerprint density at radius 3 is 2.94 bits per heavy atom. The van der Waals surface area contributed by atoms with Crippen molar-refractivity contribution in [2.45, 2.75) is 38.6 Å². The number of piperidine rings is 1. The van der Waals surface area contributed by atoms with Crippen LogP contribution in [0, 0.1) is 11.7 Å². The summed E-state index contributed by atoms with van der Waals surface area (Å²) in [6, 6.07) is 3.25. The van der Waals surface area contributed by atoms with Crippen LogP contribution < -0.4 is 21.3 Å². The van der Waals surface area contributed by atoms with Gasteiger partial charge in [0.15, 0.2) is 17.6 Å². The Labute approximate surface area is 201 Å². The Hall–Kier alpha value is -1.69. The molecule has 2 atom stereocenters. The van der Waals surface area contributed by atoms with E-state index in [-0.39, 0.29) is 47.7 Å². The van der Waals surface area contributed by atoms with Crippen LogP contribution in [0.25, 0.3) is 0 Å². The highest BCUT2D eigenvalue weighted by Crippen LogP contribution is 2.20. The molecule has 2 aliphatic heterocycles. The first-order valence-corrected chi connectivity index (χ1v) is 11.0. The summed E-state index contributed by atoms with van der Waals surface area (Å²) in [5, 5.41) is 6.76. The first kappa shape index (κ1) is 25.6. The Balaban J connectivity index is 0.00000341. The molecule has 2 fully saturated rings. The topological polar surface area (TPSA) is 98.9 Å². The number of aliphatic imine (C=N–C) groups is 1. The number of nitrogens with zero attached hydrogens (tertiary/aromatic N) is 4. The minimum absolute atomic E-state index is 0. The predicted molar refractivity (Wildman–Crippen MR) is 132 cm³/mol. The summed E-state index contributed by atoms with van der Waals surface area (Å²) >= 11 is 0. The Morgan fingerprint density at radius 2 is 2.19 bits per heavy atom. The molecule has 2 saturated heterocycles. The van der Waals surface area contributed by atoms with Gasteiger partial charge in [-0.1, -0.05) is 0 Å². The molecule has 0 saturated carbocycles. The third-order valence-corrected chi connectivity index (χ3v) is 5.72. The van der Waals surface area contributed by atoms with Crippen LogP contribution in [-0.4, -0.2) is 73.6 Å². The number of primary amides is 1. The van der Waals surface area contributed by atoms with Crippen LogP contribution in [-0.2, 0) is 4.79 Å². The van der Waals surface area contributed by atoms with Gasteiger partial charge in [0.1, 0.15) is 0 Å². The number of nitrogens with two attached hydrogens (primary N) is 1. The van der Waals surface area contributed by atoms with Gasteiger partial charge in [-0.25, -0.2) is 9.37 Å². The van der Waals surface area contributed by atoms with Gasteiger partial charge in [-0.05, 0) is 57.8 Å². The van der Waals surface area contributed by atoms with E-state index in [0.29, 0.717) is 18.9 Å². The molecule has 8 nitrogen and oxygen atoms in total. The average molecular weight is 547 g/mol. The van der Waals surface area contributed by atoms with Crippen molar-refractivity contribution in [2.24, 2.45) is 16.6 Å². The lowest BCUT2D eigenvalue weighted by molar-refractivity contribution is -0.123. The molecule has 2 aliphatic rings. The highest BCUT2D eigenvalue weighted by molar-refractivity contribution is 14.0. The molecule has 10 heteroatoms. The largest absolute Gasteiger partial charge is 0.369 e. The second-order valence-corrected chi connectivity index (χ2v) is 8.04. The van der Waals surface area contributed by atoms with E-state index in [2.05, 4.69) is 20.5 Å². The second kappa shape index (κ2) is 13.0. The number of hydrogen-bond acceptors (Lipinski definition) is 5. The number of likely N-dealkylation sites (tertiary alicyclic amines) is 1. The molecule has 0 aromatic carbocycles. The van der Waals surface area contributed by atoms with Gasteiger partial charge in [-0.3, -0.25) is 9.79 Å². The smallest absolute Gasteiger partial charge is 0.221 e. The quantitative estimate of drug-likeness (QED) is 0.198. The summed E-state index contributed by atoms with van der Waals surface area (Å²) in [5.74, 6) is 0.720. The third kappa shape index (κ3) is 7.74. The normalized spacial score (nSPS) is 22.1. The molecule has 174 valence electrons. The number of anilines is 1. The van der Waals surface area contributed by atoms with Crippen LogP contribution in [0.1, 0.15) is 32.6 Å². The fourth-order valence-electron chi connectivity index (χ4n) is 4.17. The molecule has 31 heavy (non-hydrogen) atoms. The number of hydrogen-bond donors (Lipinski definition) is 3. The van der Waals surface area contributed by atoms with Crippen molar-refractivity contribution >= 4 is 41.7 Å². The van der Waals surface area contributed by atoms with Gasteiger partial charge in [0.05, 0.1) is 5.92 Å². The zero-order chi connectivity index (χ0) is 21.3. The van der Waals surface area contributed by atoms with Gasteiger partial charge in [0.25, 0.3) is 0 Å². The number of rotatable bonds is 8. The third-order valence-electron chi connectivity index (χ3n) is 5.72. The predicted octanol–water partition coefficient (Wildman–Crippen LogP) is 1.56. The van der Waals surface area contributed by atoms with Crippen molar-refractivity contribution in [3.8, 4) is 0 Å². The number of guanidine groups is 1. The van der Waals surface area contributed by atoms with E-state index in [0.717, 1.165) is 64.4 Å². The molecule has 3 rings (SSSR count). The minimum Gasteiger partial charge on any atom is -0.369 e. The first-order valence-electron chi connectivity index (χ1n) is 11.0. The number of aromatic nitrogens is 1. The van der Waals surface area contributed by atoms with Crippen molar-refractivity contribution in [3.63, 3.8) is 0 Å². The Morgan fingerprint density at radius 1 is 1.35 bits per heavy atom. The van der Waals surface area contributed by atoms with Crippen molar-refractivity contribution in [1.29, 1.82) is 0 Å². The van der Waals surface area contributed by atoms with Crippen molar-refractivity contribution in [1.82, 2.24) is 20.5 Å². The highest BCUT2D eigenvalue weighted by Gasteiger charge is 2.26. The Kier molecular flexibility index (Phi) is 10.7. The summed E-state index contributed by atoms with van der Waals surface area (Å²) in [6.45, 7) is 7.69. The van der Waals surface area contributed by atoms with E-state index in [9.17, 15) is 9.18 Å². The summed E-state index contributed by atoms with van der Waals surface area (Å²) in [6.07, 6.45) is 5.38. The van der Waals surface area contributed by atoms with Gasteiger partial charge in [0, 0.05) is 45.0 Å². The molecule has 0 bridgehead atoms. The molecular formula is C21H35FIN7O. The number of pyridine rings is 1. The molecule has 0 aliphatic carbocycles. The maximum atomic E-state index is 14.0. The summed E-state index contributed by atoms with van der Waals surface area (Å²) < 4.78 is 14.0. The molecule has 1 amide bonds. The maximum Gasteiger partial charge on any atom is 0.221 e. The highest BCUT2D eigenvalue weighted by atomic mass is 127. The Bertz CT molecular complexity index is 735. The van der Waals surface area contributed by atoms with E-state index >= 15 is 0 Å². The van der Waals surface area contributed by atoms with Crippen molar-refractivity contribution < 1.29 is 9.18 Å².